The van der Waals surface area contributed by atoms with Gasteiger partial charge in [0.1, 0.15) is 17.3 Å². The Morgan fingerprint density at radius 3 is 2.02 bits per heavy atom. The van der Waals surface area contributed by atoms with Crippen LogP contribution in [0.25, 0.3) is 27.6 Å². The lowest BCUT2D eigenvalue weighted by Crippen LogP contribution is -2.42. The third kappa shape index (κ3) is 5.62. The molecule has 1 aliphatic heterocycles. The van der Waals surface area contributed by atoms with E-state index in [1.54, 1.807) is 0 Å². The standard InChI is InChI=1S/C42H46N4O/c1-40(2,3)28-17-20-35-34(23-28)33-19-18-32(26-38(33)46(35)39-24-29(21-22-43-39)41(4,5)6)47-31-14-12-13-30(25-31)44-27-45(42(7,8)9)37-16-11-10-15-36(37)44/h10-26H,27H2,1-9H3. The van der Waals surface area contributed by atoms with E-state index in [0.717, 1.165) is 40.7 Å². The predicted molar refractivity (Wildman–Crippen MR) is 198 cm³/mol. The summed E-state index contributed by atoms with van der Waals surface area (Å²) in [6, 6.07) is 34.7. The first-order valence-corrected chi connectivity index (χ1v) is 16.7. The second-order valence-corrected chi connectivity index (χ2v) is 15.9. The second kappa shape index (κ2) is 10.9. The molecule has 0 fully saturated rings. The zero-order chi connectivity index (χ0) is 33.3. The normalized spacial score (nSPS) is 13.9. The molecule has 2 aromatic heterocycles. The van der Waals surface area contributed by atoms with Gasteiger partial charge in [0.25, 0.3) is 0 Å². The molecule has 47 heavy (non-hydrogen) atoms. The van der Waals surface area contributed by atoms with Gasteiger partial charge in [-0.1, -0.05) is 65.8 Å². The number of para-hydroxylation sites is 2. The fraction of sp³-hybridized carbons (Fsp3) is 0.310. The molecule has 4 aromatic carbocycles. The molecule has 0 unspecified atom stereocenters. The topological polar surface area (TPSA) is 33.5 Å². The van der Waals surface area contributed by atoms with E-state index in [4.69, 9.17) is 9.72 Å². The van der Waals surface area contributed by atoms with Crippen molar-refractivity contribution in [3.8, 4) is 17.3 Å². The Morgan fingerprint density at radius 2 is 1.30 bits per heavy atom. The molecule has 0 N–H and O–H groups in total. The van der Waals surface area contributed by atoms with Gasteiger partial charge in [0.05, 0.1) is 29.1 Å². The van der Waals surface area contributed by atoms with Gasteiger partial charge in [-0.3, -0.25) is 4.57 Å². The van der Waals surface area contributed by atoms with Gasteiger partial charge < -0.3 is 14.5 Å². The van der Waals surface area contributed by atoms with Crippen molar-refractivity contribution in [3.63, 3.8) is 0 Å². The number of anilines is 3. The minimum Gasteiger partial charge on any atom is -0.457 e. The molecule has 240 valence electrons. The average Bonchev–Trinajstić information content (AvgIpc) is 3.56. The first kappa shape index (κ1) is 30.9. The fourth-order valence-corrected chi connectivity index (χ4v) is 6.64. The minimum atomic E-state index is 0.00172. The first-order chi connectivity index (χ1) is 22.2. The summed E-state index contributed by atoms with van der Waals surface area (Å²) in [5, 5.41) is 2.41. The monoisotopic (exact) mass is 622 g/mol. The fourth-order valence-electron chi connectivity index (χ4n) is 6.64. The van der Waals surface area contributed by atoms with Crippen LogP contribution in [0, 0.1) is 0 Å². The highest BCUT2D eigenvalue weighted by molar-refractivity contribution is 6.09. The number of hydrogen-bond donors (Lipinski definition) is 0. The van der Waals surface area contributed by atoms with Crippen LogP contribution in [0.4, 0.5) is 17.1 Å². The zero-order valence-electron chi connectivity index (χ0n) is 29.2. The third-order valence-corrected chi connectivity index (χ3v) is 9.37. The van der Waals surface area contributed by atoms with Crippen molar-refractivity contribution >= 4 is 38.9 Å². The van der Waals surface area contributed by atoms with Crippen LogP contribution in [0.1, 0.15) is 73.4 Å². The number of nitrogens with zero attached hydrogens (tertiary/aromatic N) is 4. The molecular weight excluding hydrogens is 576 g/mol. The lowest BCUT2D eigenvalue weighted by atomic mass is 9.86. The van der Waals surface area contributed by atoms with E-state index in [-0.39, 0.29) is 16.4 Å². The van der Waals surface area contributed by atoms with Gasteiger partial charge in [-0.2, -0.15) is 0 Å². The molecular formula is C42H46N4O. The summed E-state index contributed by atoms with van der Waals surface area (Å²) in [4.78, 5) is 9.72. The van der Waals surface area contributed by atoms with Crippen molar-refractivity contribution < 1.29 is 4.74 Å². The summed E-state index contributed by atoms with van der Waals surface area (Å²) in [7, 11) is 0. The molecule has 0 atom stereocenters. The van der Waals surface area contributed by atoms with Gasteiger partial charge >= 0.3 is 0 Å². The zero-order valence-corrected chi connectivity index (χ0v) is 29.2. The summed E-state index contributed by atoms with van der Waals surface area (Å²) in [5.41, 5.74) is 8.41. The molecule has 5 heteroatoms. The maximum Gasteiger partial charge on any atom is 0.137 e. The van der Waals surface area contributed by atoms with Gasteiger partial charge in [-0.25, -0.2) is 4.98 Å². The van der Waals surface area contributed by atoms with Crippen LogP contribution in [0.2, 0.25) is 0 Å². The molecule has 0 saturated heterocycles. The Kier molecular flexibility index (Phi) is 7.16. The molecule has 3 heterocycles. The van der Waals surface area contributed by atoms with Gasteiger partial charge in [-0.15, -0.1) is 0 Å². The molecule has 5 nitrogen and oxygen atoms in total. The van der Waals surface area contributed by atoms with Crippen LogP contribution in [-0.4, -0.2) is 21.8 Å². The van der Waals surface area contributed by atoms with Crippen molar-refractivity contribution in [3.05, 3.63) is 114 Å². The van der Waals surface area contributed by atoms with E-state index < -0.39 is 0 Å². The maximum atomic E-state index is 6.64. The summed E-state index contributed by atoms with van der Waals surface area (Å²) >= 11 is 0. The lowest BCUT2D eigenvalue weighted by Gasteiger charge is -2.34. The van der Waals surface area contributed by atoms with Crippen molar-refractivity contribution in [2.24, 2.45) is 0 Å². The summed E-state index contributed by atoms with van der Waals surface area (Å²) in [5.74, 6) is 2.51. The Hall–Kier alpha value is -4.77. The molecule has 7 rings (SSSR count). The highest BCUT2D eigenvalue weighted by atomic mass is 16.5. The number of ether oxygens (including phenoxy) is 1. The van der Waals surface area contributed by atoms with Crippen LogP contribution in [0.3, 0.4) is 0 Å². The van der Waals surface area contributed by atoms with Gasteiger partial charge in [0, 0.05) is 40.3 Å². The van der Waals surface area contributed by atoms with E-state index in [0.29, 0.717) is 0 Å². The quantitative estimate of drug-likeness (QED) is 0.196. The molecule has 6 aromatic rings. The van der Waals surface area contributed by atoms with E-state index in [9.17, 15) is 0 Å². The van der Waals surface area contributed by atoms with Crippen molar-refractivity contribution in [1.82, 2.24) is 9.55 Å². The number of benzene rings is 4. The molecule has 0 saturated carbocycles. The number of aromatic nitrogens is 2. The highest BCUT2D eigenvalue weighted by Crippen LogP contribution is 2.44. The summed E-state index contributed by atoms with van der Waals surface area (Å²) < 4.78 is 8.93. The summed E-state index contributed by atoms with van der Waals surface area (Å²) in [6.45, 7) is 21.1. The number of hydrogen-bond acceptors (Lipinski definition) is 4. The number of fused-ring (bicyclic) bond motifs is 4. The number of pyridine rings is 1. The van der Waals surface area contributed by atoms with Gasteiger partial charge in [0.15, 0.2) is 0 Å². The van der Waals surface area contributed by atoms with E-state index >= 15 is 0 Å². The second-order valence-electron chi connectivity index (χ2n) is 15.9. The van der Waals surface area contributed by atoms with Crippen LogP contribution in [-0.2, 0) is 10.8 Å². The lowest BCUT2D eigenvalue weighted by molar-refractivity contribution is 0.483. The smallest absolute Gasteiger partial charge is 0.137 e. The maximum absolute atomic E-state index is 6.64. The number of rotatable bonds is 4. The molecule has 0 radical (unpaired) electrons. The Bertz CT molecular complexity index is 2120. The Labute approximate surface area is 279 Å². The van der Waals surface area contributed by atoms with Gasteiger partial charge in [0.2, 0.25) is 0 Å². The van der Waals surface area contributed by atoms with Crippen molar-refractivity contribution in [1.29, 1.82) is 0 Å². The molecule has 0 amide bonds. The SMILES string of the molecule is CC(C)(C)c1ccnc(-n2c3ccc(C(C)(C)C)cc3c3ccc(Oc4cccc(N5CN(C(C)(C)C)c6ccccc65)c4)cc32)c1. The summed E-state index contributed by atoms with van der Waals surface area (Å²) in [6.07, 6.45) is 1.93. The molecule has 0 spiro atoms. The van der Waals surface area contributed by atoms with Crippen molar-refractivity contribution in [2.45, 2.75) is 78.7 Å². The van der Waals surface area contributed by atoms with Crippen LogP contribution in [0.15, 0.2) is 103 Å². The van der Waals surface area contributed by atoms with Gasteiger partial charge in [-0.05, 0) is 103 Å². The van der Waals surface area contributed by atoms with Crippen molar-refractivity contribution in [2.75, 3.05) is 16.5 Å². The first-order valence-electron chi connectivity index (χ1n) is 16.7. The van der Waals surface area contributed by atoms with Crippen LogP contribution >= 0.6 is 0 Å². The van der Waals surface area contributed by atoms with E-state index in [1.807, 2.05) is 12.3 Å². The van der Waals surface area contributed by atoms with E-state index in [1.165, 1.54) is 33.3 Å². The predicted octanol–water partition coefficient (Wildman–Crippen LogP) is 11.3. The van der Waals surface area contributed by atoms with Crippen LogP contribution < -0.4 is 14.5 Å². The third-order valence-electron chi connectivity index (χ3n) is 9.37. The largest absolute Gasteiger partial charge is 0.457 e. The van der Waals surface area contributed by atoms with Crippen LogP contribution in [0.5, 0.6) is 11.5 Å². The Balaban J connectivity index is 1.31. The Morgan fingerprint density at radius 1 is 0.596 bits per heavy atom. The molecule has 0 bridgehead atoms. The van der Waals surface area contributed by atoms with E-state index in [2.05, 4.69) is 168 Å². The molecule has 1 aliphatic rings. The highest BCUT2D eigenvalue weighted by Gasteiger charge is 2.33. The minimum absolute atomic E-state index is 0.00172. The average molecular weight is 623 g/mol. The molecule has 0 aliphatic carbocycles.